The number of phenolic OH excluding ortho intramolecular Hbond substituents is 1. The van der Waals surface area contributed by atoms with E-state index in [0.717, 1.165) is 16.3 Å². The third-order valence-corrected chi connectivity index (χ3v) is 5.75. The Kier molecular flexibility index (Phi) is 5.22. The zero-order valence-corrected chi connectivity index (χ0v) is 18.3. The molecule has 0 spiro atoms. The quantitative estimate of drug-likeness (QED) is 0.377. The number of hydrogen-bond donors (Lipinski definition) is 3. The summed E-state index contributed by atoms with van der Waals surface area (Å²) in [5, 5.41) is 17.4. The largest absolute Gasteiger partial charge is 0.507 e. The van der Waals surface area contributed by atoms with Gasteiger partial charge >= 0.3 is 0 Å². The predicted molar refractivity (Wildman–Crippen MR) is 132 cm³/mol. The molecule has 0 unspecified atom stereocenters. The lowest BCUT2D eigenvalue weighted by Gasteiger charge is -2.23. The van der Waals surface area contributed by atoms with Crippen molar-refractivity contribution in [2.24, 2.45) is 0 Å². The minimum absolute atomic E-state index is 0.101. The molecule has 3 N–H and O–H groups in total. The number of amides is 3. The van der Waals surface area contributed by atoms with Crippen LogP contribution in [0.15, 0.2) is 78.9 Å². The Morgan fingerprint density at radius 3 is 2.53 bits per heavy atom. The molecule has 4 aromatic carbocycles. The highest BCUT2D eigenvalue weighted by Crippen LogP contribution is 2.40. The van der Waals surface area contributed by atoms with Gasteiger partial charge in [-0.3, -0.25) is 19.3 Å². The first-order valence-electron chi connectivity index (χ1n) is 10.8. The number of anilines is 4. The van der Waals surface area contributed by atoms with Crippen molar-refractivity contribution in [3.8, 4) is 5.75 Å². The number of benzene rings is 4. The zero-order valence-electron chi connectivity index (χ0n) is 18.3. The molecular weight excluding hydrogens is 430 g/mol. The van der Waals surface area contributed by atoms with Crippen LogP contribution in [0.3, 0.4) is 0 Å². The molecule has 34 heavy (non-hydrogen) atoms. The molecule has 0 radical (unpaired) electrons. The van der Waals surface area contributed by atoms with E-state index in [4.69, 9.17) is 0 Å². The molecule has 0 aromatic heterocycles. The molecule has 0 bridgehead atoms. The van der Waals surface area contributed by atoms with Crippen molar-refractivity contribution < 1.29 is 19.5 Å². The second-order valence-electron chi connectivity index (χ2n) is 8.16. The smallest absolute Gasteiger partial charge is 0.259 e. The van der Waals surface area contributed by atoms with E-state index in [0.29, 0.717) is 22.7 Å². The van der Waals surface area contributed by atoms with Gasteiger partial charge in [0.2, 0.25) is 11.8 Å². The molecule has 1 aliphatic rings. The lowest BCUT2D eigenvalue weighted by Crippen LogP contribution is -2.26. The van der Waals surface area contributed by atoms with Gasteiger partial charge < -0.3 is 15.7 Å². The fraction of sp³-hybridized carbons (Fsp3) is 0.0741. The van der Waals surface area contributed by atoms with Gasteiger partial charge in [0, 0.05) is 16.8 Å². The molecule has 1 heterocycles. The molecule has 0 atom stereocenters. The number of phenols is 1. The lowest BCUT2D eigenvalue weighted by atomic mass is 10.1. The summed E-state index contributed by atoms with van der Waals surface area (Å²) in [6.45, 7) is 1.84. The van der Waals surface area contributed by atoms with Gasteiger partial charge in [0.25, 0.3) is 5.91 Å². The van der Waals surface area contributed by atoms with Gasteiger partial charge in [-0.1, -0.05) is 42.0 Å². The normalized spacial score (nSPS) is 13.3. The van der Waals surface area contributed by atoms with Gasteiger partial charge in [0.15, 0.2) is 0 Å². The van der Waals surface area contributed by atoms with E-state index in [2.05, 4.69) is 10.6 Å². The molecule has 7 nitrogen and oxygen atoms in total. The summed E-state index contributed by atoms with van der Waals surface area (Å²) in [4.78, 5) is 39.5. The first kappa shape index (κ1) is 21.2. The van der Waals surface area contributed by atoms with Crippen LogP contribution in [0.2, 0.25) is 0 Å². The van der Waals surface area contributed by atoms with Crippen molar-refractivity contribution in [2.75, 3.05) is 15.5 Å². The zero-order chi connectivity index (χ0) is 23.8. The fourth-order valence-corrected chi connectivity index (χ4v) is 4.12. The Balaban J connectivity index is 1.49. The highest BCUT2D eigenvalue weighted by Gasteiger charge is 2.28. The second-order valence-corrected chi connectivity index (χ2v) is 8.16. The number of nitrogens with one attached hydrogen (secondary N) is 2. The van der Waals surface area contributed by atoms with Crippen LogP contribution in [0.25, 0.3) is 10.8 Å². The molecule has 3 amide bonds. The molecule has 0 saturated heterocycles. The van der Waals surface area contributed by atoms with Crippen LogP contribution in [0.5, 0.6) is 5.75 Å². The molecule has 4 aromatic rings. The Bertz CT molecular complexity index is 1460. The van der Waals surface area contributed by atoms with E-state index < -0.39 is 5.91 Å². The van der Waals surface area contributed by atoms with E-state index in [1.165, 1.54) is 11.0 Å². The van der Waals surface area contributed by atoms with Gasteiger partial charge in [-0.15, -0.1) is 0 Å². The van der Waals surface area contributed by atoms with Crippen LogP contribution in [-0.4, -0.2) is 22.8 Å². The SMILES string of the molecule is Cc1ccc(O)c(C(=O)Nc2ccc(N3C(=O)CC(=O)Nc4c3ccc3ccccc43)cc2)c1. The number of carbonyl (C=O) groups is 3. The van der Waals surface area contributed by atoms with E-state index >= 15 is 0 Å². The van der Waals surface area contributed by atoms with Crippen molar-refractivity contribution in [1.82, 2.24) is 0 Å². The highest BCUT2D eigenvalue weighted by molar-refractivity contribution is 6.21. The van der Waals surface area contributed by atoms with Crippen LogP contribution < -0.4 is 15.5 Å². The van der Waals surface area contributed by atoms with Crippen molar-refractivity contribution in [1.29, 1.82) is 0 Å². The molecule has 0 fully saturated rings. The number of rotatable bonds is 3. The Labute approximate surface area is 195 Å². The van der Waals surface area contributed by atoms with Gasteiger partial charge in [-0.25, -0.2) is 0 Å². The highest BCUT2D eigenvalue weighted by atomic mass is 16.3. The number of hydrogen-bond acceptors (Lipinski definition) is 4. The molecule has 1 aliphatic heterocycles. The Hall–Kier alpha value is -4.65. The summed E-state index contributed by atoms with van der Waals surface area (Å²) in [6, 6.07) is 23.0. The van der Waals surface area contributed by atoms with Crippen LogP contribution in [0.4, 0.5) is 22.7 Å². The number of fused-ring (bicyclic) bond motifs is 3. The van der Waals surface area contributed by atoms with Gasteiger partial charge in [-0.05, 0) is 54.8 Å². The standard InChI is InChI=1S/C27H21N3O4/c1-16-6-13-23(31)21(14-16)27(34)28-18-8-10-19(11-9-18)30-22-12-7-17-4-2-3-5-20(17)26(22)29-24(32)15-25(30)33/h2-14,31H,15H2,1H3,(H,28,34)(H,29,32). The summed E-state index contributed by atoms with van der Waals surface area (Å²) >= 11 is 0. The van der Waals surface area contributed by atoms with Crippen molar-refractivity contribution in [3.63, 3.8) is 0 Å². The summed E-state index contributed by atoms with van der Waals surface area (Å²) in [5.41, 5.74) is 3.26. The van der Waals surface area contributed by atoms with E-state index in [-0.39, 0.29) is 29.5 Å². The summed E-state index contributed by atoms with van der Waals surface area (Å²) in [5.74, 6) is -1.26. The Morgan fingerprint density at radius 1 is 0.971 bits per heavy atom. The molecule has 7 heteroatoms. The maximum atomic E-state index is 13.0. The molecule has 0 aliphatic carbocycles. The van der Waals surface area contributed by atoms with E-state index in [1.54, 1.807) is 36.4 Å². The number of nitrogens with zero attached hydrogens (tertiary/aromatic N) is 1. The number of carbonyl (C=O) groups excluding carboxylic acids is 3. The van der Waals surface area contributed by atoms with Crippen LogP contribution in [-0.2, 0) is 9.59 Å². The molecule has 0 saturated carbocycles. The second kappa shape index (κ2) is 8.37. The summed E-state index contributed by atoms with van der Waals surface area (Å²) in [7, 11) is 0. The summed E-state index contributed by atoms with van der Waals surface area (Å²) in [6.07, 6.45) is -0.284. The lowest BCUT2D eigenvalue weighted by molar-refractivity contribution is -0.124. The first-order valence-corrected chi connectivity index (χ1v) is 10.8. The van der Waals surface area contributed by atoms with Crippen molar-refractivity contribution in [3.05, 3.63) is 90.0 Å². The molecule has 5 rings (SSSR count). The topological polar surface area (TPSA) is 98.7 Å². The Morgan fingerprint density at radius 2 is 1.74 bits per heavy atom. The maximum Gasteiger partial charge on any atom is 0.259 e. The first-order chi connectivity index (χ1) is 16.4. The van der Waals surface area contributed by atoms with Gasteiger partial charge in [0.1, 0.15) is 12.2 Å². The van der Waals surface area contributed by atoms with E-state index in [1.807, 2.05) is 43.3 Å². The van der Waals surface area contributed by atoms with E-state index in [9.17, 15) is 19.5 Å². The number of aromatic hydroxyl groups is 1. The maximum absolute atomic E-state index is 13.0. The van der Waals surface area contributed by atoms with Crippen molar-refractivity contribution in [2.45, 2.75) is 13.3 Å². The minimum Gasteiger partial charge on any atom is -0.507 e. The summed E-state index contributed by atoms with van der Waals surface area (Å²) < 4.78 is 0. The number of aryl methyl sites for hydroxylation is 1. The average Bonchev–Trinajstić information content (AvgIpc) is 2.95. The van der Waals surface area contributed by atoms with Crippen LogP contribution in [0.1, 0.15) is 22.3 Å². The molecular formula is C27H21N3O4. The molecule has 168 valence electrons. The van der Waals surface area contributed by atoms with Gasteiger partial charge in [-0.2, -0.15) is 0 Å². The fourth-order valence-electron chi connectivity index (χ4n) is 4.12. The van der Waals surface area contributed by atoms with Crippen LogP contribution >= 0.6 is 0 Å². The van der Waals surface area contributed by atoms with Gasteiger partial charge in [0.05, 0.1) is 16.9 Å². The monoisotopic (exact) mass is 451 g/mol. The predicted octanol–water partition coefficient (Wildman–Crippen LogP) is 5.11. The average molecular weight is 451 g/mol. The minimum atomic E-state index is -0.439. The third-order valence-electron chi connectivity index (χ3n) is 5.75. The van der Waals surface area contributed by atoms with Crippen molar-refractivity contribution >= 4 is 51.2 Å². The van der Waals surface area contributed by atoms with Crippen LogP contribution in [0, 0.1) is 6.92 Å². The third kappa shape index (κ3) is 3.84.